The van der Waals surface area contributed by atoms with Crippen LogP contribution in [0.3, 0.4) is 0 Å². The molecule has 27 heavy (non-hydrogen) atoms. The van der Waals surface area contributed by atoms with Gasteiger partial charge < -0.3 is 19.5 Å². The topological polar surface area (TPSA) is 76.1 Å². The molecular formula is C20H20FNO5. The van der Waals surface area contributed by atoms with Crippen LogP contribution in [-0.2, 0) is 0 Å². The van der Waals surface area contributed by atoms with Crippen molar-refractivity contribution in [1.82, 2.24) is 4.90 Å². The molecule has 2 aromatic rings. The molecule has 1 aliphatic rings. The lowest BCUT2D eigenvalue weighted by Gasteiger charge is -2.27. The van der Waals surface area contributed by atoms with Gasteiger partial charge in [-0.15, -0.1) is 0 Å². The van der Waals surface area contributed by atoms with Crippen molar-refractivity contribution in [3.05, 3.63) is 58.9 Å². The van der Waals surface area contributed by atoms with Crippen LogP contribution in [0.25, 0.3) is 0 Å². The molecule has 0 spiro atoms. The van der Waals surface area contributed by atoms with Crippen LogP contribution in [0.5, 0.6) is 11.5 Å². The second kappa shape index (κ2) is 7.65. The van der Waals surface area contributed by atoms with Gasteiger partial charge in [0.1, 0.15) is 17.3 Å². The Hall–Kier alpha value is -3.09. The van der Waals surface area contributed by atoms with Crippen molar-refractivity contribution >= 4 is 11.9 Å². The second-order valence-corrected chi connectivity index (χ2v) is 6.26. The van der Waals surface area contributed by atoms with Crippen molar-refractivity contribution in [3.8, 4) is 11.5 Å². The average Bonchev–Trinajstić information content (AvgIpc) is 3.16. The number of methoxy groups -OCH3 is 2. The van der Waals surface area contributed by atoms with Gasteiger partial charge in [-0.05, 0) is 43.2 Å². The molecule has 1 atom stereocenters. The maximum Gasteiger partial charge on any atom is 0.335 e. The lowest BCUT2D eigenvalue weighted by atomic mass is 10.0. The van der Waals surface area contributed by atoms with Crippen LogP contribution >= 0.6 is 0 Å². The molecule has 0 aromatic heterocycles. The number of halogens is 1. The van der Waals surface area contributed by atoms with Crippen LogP contribution in [0, 0.1) is 5.82 Å². The highest BCUT2D eigenvalue weighted by atomic mass is 19.1. The van der Waals surface area contributed by atoms with E-state index in [1.165, 1.54) is 12.1 Å². The summed E-state index contributed by atoms with van der Waals surface area (Å²) in [6, 6.07) is 8.46. The maximum atomic E-state index is 14.3. The zero-order valence-corrected chi connectivity index (χ0v) is 15.1. The summed E-state index contributed by atoms with van der Waals surface area (Å²) >= 11 is 0. The molecule has 0 radical (unpaired) electrons. The summed E-state index contributed by atoms with van der Waals surface area (Å²) in [5, 5.41) is 8.96. The molecule has 3 rings (SSSR count). The third-order valence-electron chi connectivity index (χ3n) is 4.76. The molecule has 1 aliphatic heterocycles. The van der Waals surface area contributed by atoms with Crippen molar-refractivity contribution in [1.29, 1.82) is 0 Å². The van der Waals surface area contributed by atoms with Crippen molar-refractivity contribution in [2.75, 3.05) is 20.8 Å². The van der Waals surface area contributed by atoms with E-state index < -0.39 is 17.7 Å². The van der Waals surface area contributed by atoms with Crippen LogP contribution in [0.4, 0.5) is 4.39 Å². The minimum Gasteiger partial charge on any atom is -0.497 e. The van der Waals surface area contributed by atoms with E-state index in [2.05, 4.69) is 0 Å². The first-order chi connectivity index (χ1) is 13.0. The molecule has 0 bridgehead atoms. The number of hydrogen-bond donors (Lipinski definition) is 1. The Morgan fingerprint density at radius 2 is 1.93 bits per heavy atom. The predicted molar refractivity (Wildman–Crippen MR) is 95.9 cm³/mol. The third-order valence-corrected chi connectivity index (χ3v) is 4.76. The number of benzene rings is 2. The van der Waals surface area contributed by atoms with Crippen molar-refractivity contribution in [3.63, 3.8) is 0 Å². The fourth-order valence-electron chi connectivity index (χ4n) is 3.40. The Kier molecular flexibility index (Phi) is 5.30. The lowest BCUT2D eigenvalue weighted by Crippen LogP contribution is -2.31. The van der Waals surface area contributed by atoms with E-state index in [0.717, 1.165) is 24.5 Å². The first-order valence-corrected chi connectivity index (χ1v) is 8.52. The van der Waals surface area contributed by atoms with Gasteiger partial charge in [-0.1, -0.05) is 0 Å². The summed E-state index contributed by atoms with van der Waals surface area (Å²) in [7, 11) is 3.10. The molecule has 1 saturated heterocycles. The van der Waals surface area contributed by atoms with Gasteiger partial charge in [0.15, 0.2) is 0 Å². The minimum atomic E-state index is -1.24. The Morgan fingerprint density at radius 1 is 1.15 bits per heavy atom. The summed E-state index contributed by atoms with van der Waals surface area (Å²) in [6.45, 7) is 0.485. The standard InChI is InChI=1S/C20H20FNO5/c1-26-13-6-8-15(18(11-13)27-2)17-4-3-9-22(17)19(23)14-7-5-12(20(24)25)10-16(14)21/h5-8,10-11,17H,3-4,9H2,1-2H3,(H,24,25). The summed E-state index contributed by atoms with van der Waals surface area (Å²) in [5.74, 6) is -1.31. The van der Waals surface area contributed by atoms with E-state index in [-0.39, 0.29) is 17.2 Å². The molecule has 0 aliphatic carbocycles. The number of nitrogens with zero attached hydrogens (tertiary/aromatic N) is 1. The fraction of sp³-hybridized carbons (Fsp3) is 0.300. The molecule has 1 N–H and O–H groups in total. The number of ether oxygens (including phenoxy) is 2. The van der Waals surface area contributed by atoms with E-state index in [4.69, 9.17) is 14.6 Å². The summed E-state index contributed by atoms with van der Waals surface area (Å²) in [4.78, 5) is 25.5. The summed E-state index contributed by atoms with van der Waals surface area (Å²) in [6.07, 6.45) is 1.50. The number of likely N-dealkylation sites (tertiary alicyclic amines) is 1. The SMILES string of the molecule is COc1ccc(C2CCCN2C(=O)c2ccc(C(=O)O)cc2F)c(OC)c1. The highest BCUT2D eigenvalue weighted by molar-refractivity contribution is 5.96. The molecule has 1 unspecified atom stereocenters. The first kappa shape index (κ1) is 18.7. The predicted octanol–water partition coefficient (Wildman–Crippen LogP) is 3.52. The van der Waals surface area contributed by atoms with Gasteiger partial charge in [-0.3, -0.25) is 4.79 Å². The summed E-state index contributed by atoms with van der Waals surface area (Å²) in [5.41, 5.74) is 0.491. The van der Waals surface area contributed by atoms with Gasteiger partial charge in [0.25, 0.3) is 5.91 Å². The van der Waals surface area contributed by atoms with Gasteiger partial charge >= 0.3 is 5.97 Å². The van der Waals surface area contributed by atoms with Gasteiger partial charge in [0, 0.05) is 18.2 Å². The Bertz CT molecular complexity index is 883. The van der Waals surface area contributed by atoms with Crippen LogP contribution in [0.15, 0.2) is 36.4 Å². The van der Waals surface area contributed by atoms with Crippen molar-refractivity contribution < 1.29 is 28.6 Å². The number of aromatic carboxylic acids is 1. The number of carboxylic acids is 1. The minimum absolute atomic E-state index is 0.139. The first-order valence-electron chi connectivity index (χ1n) is 8.52. The normalized spacial score (nSPS) is 16.3. The third kappa shape index (κ3) is 3.58. The molecule has 2 aromatic carbocycles. The lowest BCUT2D eigenvalue weighted by molar-refractivity contribution is 0.0690. The van der Waals surface area contributed by atoms with Crippen LogP contribution in [0.2, 0.25) is 0 Å². The van der Waals surface area contributed by atoms with Crippen LogP contribution in [0.1, 0.15) is 45.2 Å². The Morgan fingerprint density at radius 3 is 2.56 bits per heavy atom. The zero-order chi connectivity index (χ0) is 19.6. The number of carbonyl (C=O) groups excluding carboxylic acids is 1. The van der Waals surface area contributed by atoms with Gasteiger partial charge in [-0.2, -0.15) is 0 Å². The largest absolute Gasteiger partial charge is 0.497 e. The van der Waals surface area contributed by atoms with E-state index in [0.29, 0.717) is 18.0 Å². The van der Waals surface area contributed by atoms with Crippen molar-refractivity contribution in [2.45, 2.75) is 18.9 Å². The number of carbonyl (C=O) groups is 2. The van der Waals surface area contributed by atoms with E-state index in [1.807, 2.05) is 6.07 Å². The molecule has 1 fully saturated rings. The molecule has 7 heteroatoms. The monoisotopic (exact) mass is 373 g/mol. The van der Waals surface area contributed by atoms with E-state index >= 15 is 0 Å². The molecule has 142 valence electrons. The van der Waals surface area contributed by atoms with Gasteiger partial charge in [-0.25, -0.2) is 9.18 Å². The summed E-state index contributed by atoms with van der Waals surface area (Å²) < 4.78 is 25.0. The van der Waals surface area contributed by atoms with Crippen LogP contribution in [-0.4, -0.2) is 42.6 Å². The highest BCUT2D eigenvalue weighted by Gasteiger charge is 2.33. The molecule has 1 amide bonds. The maximum absolute atomic E-state index is 14.3. The van der Waals surface area contributed by atoms with Gasteiger partial charge in [0.05, 0.1) is 31.4 Å². The van der Waals surface area contributed by atoms with E-state index in [9.17, 15) is 14.0 Å². The van der Waals surface area contributed by atoms with Crippen LogP contribution < -0.4 is 9.47 Å². The second-order valence-electron chi connectivity index (χ2n) is 6.26. The molecule has 6 nitrogen and oxygen atoms in total. The van der Waals surface area contributed by atoms with Gasteiger partial charge in [0.2, 0.25) is 0 Å². The smallest absolute Gasteiger partial charge is 0.335 e. The molecule has 1 heterocycles. The molecule has 0 saturated carbocycles. The van der Waals surface area contributed by atoms with Crippen molar-refractivity contribution in [2.24, 2.45) is 0 Å². The Labute approximate surface area is 156 Å². The number of rotatable bonds is 5. The number of amides is 1. The molecular weight excluding hydrogens is 353 g/mol. The number of hydrogen-bond acceptors (Lipinski definition) is 4. The quantitative estimate of drug-likeness (QED) is 0.868. The Balaban J connectivity index is 1.93. The van der Waals surface area contributed by atoms with E-state index in [1.54, 1.807) is 31.3 Å². The zero-order valence-electron chi connectivity index (χ0n) is 15.1. The highest BCUT2D eigenvalue weighted by Crippen LogP contribution is 2.39. The average molecular weight is 373 g/mol. The number of carboxylic acid groups (broad SMARTS) is 1. The fourth-order valence-corrected chi connectivity index (χ4v) is 3.40.